The second-order valence-electron chi connectivity index (χ2n) is 6.77. The molecule has 0 unspecified atom stereocenters. The number of nitrogens with zero attached hydrogens (tertiary/aromatic N) is 2. The van der Waals surface area contributed by atoms with Crippen molar-refractivity contribution < 1.29 is 4.39 Å². The molecule has 0 amide bonds. The maximum Gasteiger partial charge on any atom is 0.257 e. The summed E-state index contributed by atoms with van der Waals surface area (Å²) in [5.41, 5.74) is 3.63. The quantitative estimate of drug-likeness (QED) is 0.730. The summed E-state index contributed by atoms with van der Waals surface area (Å²) in [6, 6.07) is 16.5. The number of H-pyrrole nitrogens is 1. The molecule has 0 atom stereocenters. The second-order valence-corrected chi connectivity index (χ2v) is 6.77. The average molecular weight is 364 g/mol. The molecule has 0 aliphatic carbocycles. The highest BCUT2D eigenvalue weighted by Gasteiger charge is 2.21. The molecule has 1 aliphatic heterocycles. The minimum atomic E-state index is -0.237. The lowest BCUT2D eigenvalue weighted by molar-refractivity contribution is 0.242. The Hall–Kier alpha value is -2.99. The zero-order valence-corrected chi connectivity index (χ0v) is 14.9. The van der Waals surface area contributed by atoms with Crippen molar-refractivity contribution in [2.45, 2.75) is 26.1 Å². The smallest absolute Gasteiger partial charge is 0.257 e. The highest BCUT2D eigenvalue weighted by molar-refractivity contribution is 5.32. The van der Waals surface area contributed by atoms with E-state index in [0.29, 0.717) is 31.1 Å². The van der Waals surface area contributed by atoms with Gasteiger partial charge in [0.2, 0.25) is 5.95 Å². The second kappa shape index (κ2) is 7.72. The minimum absolute atomic E-state index is 0.0978. The van der Waals surface area contributed by atoms with Crippen LogP contribution in [0.15, 0.2) is 59.4 Å². The van der Waals surface area contributed by atoms with Crippen molar-refractivity contribution >= 4 is 5.95 Å². The van der Waals surface area contributed by atoms with E-state index in [0.717, 1.165) is 29.8 Å². The van der Waals surface area contributed by atoms with Crippen LogP contribution in [0.5, 0.6) is 0 Å². The largest absolute Gasteiger partial charge is 0.352 e. The molecule has 2 heterocycles. The summed E-state index contributed by atoms with van der Waals surface area (Å²) in [6.45, 7) is 2.67. The fourth-order valence-corrected chi connectivity index (χ4v) is 3.33. The third-order valence-electron chi connectivity index (χ3n) is 4.77. The van der Waals surface area contributed by atoms with E-state index in [9.17, 15) is 9.18 Å². The molecule has 0 saturated carbocycles. The van der Waals surface area contributed by atoms with Crippen molar-refractivity contribution in [1.29, 1.82) is 0 Å². The van der Waals surface area contributed by atoms with Crippen LogP contribution in [0.3, 0.4) is 0 Å². The van der Waals surface area contributed by atoms with Gasteiger partial charge in [0.05, 0.1) is 11.3 Å². The lowest BCUT2D eigenvalue weighted by atomic mass is 10.1. The van der Waals surface area contributed by atoms with E-state index < -0.39 is 0 Å². The van der Waals surface area contributed by atoms with E-state index in [-0.39, 0.29) is 11.4 Å². The molecule has 1 aromatic heterocycles. The van der Waals surface area contributed by atoms with Gasteiger partial charge in [-0.15, -0.1) is 0 Å². The van der Waals surface area contributed by atoms with Crippen LogP contribution in [0.4, 0.5) is 10.3 Å². The summed E-state index contributed by atoms with van der Waals surface area (Å²) in [5.74, 6) is 0.272. The highest BCUT2D eigenvalue weighted by Crippen LogP contribution is 2.17. The Morgan fingerprint density at radius 1 is 1.07 bits per heavy atom. The van der Waals surface area contributed by atoms with Gasteiger partial charge in [-0.25, -0.2) is 9.37 Å². The Bertz CT molecular complexity index is 970. The van der Waals surface area contributed by atoms with Gasteiger partial charge < -0.3 is 5.32 Å². The Labute approximate surface area is 156 Å². The molecule has 1 aliphatic rings. The molecule has 0 spiro atoms. The van der Waals surface area contributed by atoms with Gasteiger partial charge in [0.15, 0.2) is 0 Å². The summed E-state index contributed by atoms with van der Waals surface area (Å²) in [5, 5.41) is 3.19. The van der Waals surface area contributed by atoms with Crippen LogP contribution in [-0.4, -0.2) is 21.4 Å². The maximum absolute atomic E-state index is 13.1. The van der Waals surface area contributed by atoms with Gasteiger partial charge in [-0.2, -0.15) is 0 Å². The number of benzene rings is 2. The first kappa shape index (κ1) is 17.4. The van der Waals surface area contributed by atoms with Gasteiger partial charge in [-0.05, 0) is 23.3 Å². The van der Waals surface area contributed by atoms with Crippen LogP contribution < -0.4 is 10.9 Å². The number of hydrogen-bond acceptors (Lipinski definition) is 4. The Kier molecular flexibility index (Phi) is 4.98. The highest BCUT2D eigenvalue weighted by atomic mass is 19.1. The first-order valence-corrected chi connectivity index (χ1v) is 9.04. The van der Waals surface area contributed by atoms with Gasteiger partial charge in [0, 0.05) is 32.6 Å². The number of rotatable bonds is 5. The molecule has 27 heavy (non-hydrogen) atoms. The van der Waals surface area contributed by atoms with Crippen molar-refractivity contribution in [2.75, 3.05) is 11.9 Å². The molecule has 2 N–H and O–H groups in total. The third-order valence-corrected chi connectivity index (χ3v) is 4.77. The topological polar surface area (TPSA) is 61.0 Å². The van der Waals surface area contributed by atoms with Crippen LogP contribution in [-0.2, 0) is 26.1 Å². The van der Waals surface area contributed by atoms with Crippen molar-refractivity contribution in [2.24, 2.45) is 0 Å². The van der Waals surface area contributed by atoms with Gasteiger partial charge in [-0.1, -0.05) is 42.5 Å². The Morgan fingerprint density at radius 2 is 1.85 bits per heavy atom. The van der Waals surface area contributed by atoms with E-state index >= 15 is 0 Å². The SMILES string of the molecule is O=c1[nH]c(NCc2ccccc2)nc2c1CN(Cc1ccc(F)cc1)CC2. The molecular weight excluding hydrogens is 343 g/mol. The van der Waals surface area contributed by atoms with Gasteiger partial charge in [-0.3, -0.25) is 14.7 Å². The van der Waals surface area contributed by atoms with E-state index in [4.69, 9.17) is 0 Å². The molecule has 4 rings (SSSR count). The Morgan fingerprint density at radius 3 is 2.63 bits per heavy atom. The van der Waals surface area contributed by atoms with Crippen molar-refractivity contribution in [3.8, 4) is 0 Å². The van der Waals surface area contributed by atoms with Gasteiger partial charge >= 0.3 is 0 Å². The summed E-state index contributed by atoms with van der Waals surface area (Å²) < 4.78 is 13.1. The Balaban J connectivity index is 1.44. The molecule has 0 radical (unpaired) electrons. The monoisotopic (exact) mass is 364 g/mol. The van der Waals surface area contributed by atoms with Crippen molar-refractivity contribution in [1.82, 2.24) is 14.9 Å². The normalized spacial score (nSPS) is 14.0. The molecule has 6 heteroatoms. The first-order valence-electron chi connectivity index (χ1n) is 9.04. The maximum atomic E-state index is 13.1. The predicted molar refractivity (Wildman–Crippen MR) is 103 cm³/mol. The standard InChI is InChI=1S/C21H21FN4O/c22-17-8-6-16(7-9-17)13-26-11-10-19-18(14-26)20(27)25-21(24-19)23-12-15-4-2-1-3-5-15/h1-9H,10-14H2,(H2,23,24,25,27). The summed E-state index contributed by atoms with van der Waals surface area (Å²) in [7, 11) is 0. The fourth-order valence-electron chi connectivity index (χ4n) is 3.33. The first-order chi connectivity index (χ1) is 13.2. The number of nitrogens with one attached hydrogen (secondary N) is 2. The molecule has 5 nitrogen and oxygen atoms in total. The predicted octanol–water partition coefficient (Wildman–Crippen LogP) is 3.08. The van der Waals surface area contributed by atoms with Gasteiger partial charge in [0.1, 0.15) is 5.82 Å². The zero-order chi connectivity index (χ0) is 18.6. The average Bonchev–Trinajstić information content (AvgIpc) is 2.69. The molecule has 3 aromatic rings. The number of anilines is 1. The third kappa shape index (κ3) is 4.23. The lowest BCUT2D eigenvalue weighted by Crippen LogP contribution is -2.35. The number of fused-ring (bicyclic) bond motifs is 1. The molecule has 0 bridgehead atoms. The van der Waals surface area contributed by atoms with Crippen LogP contribution in [0.2, 0.25) is 0 Å². The van der Waals surface area contributed by atoms with E-state index in [1.807, 2.05) is 30.3 Å². The fraction of sp³-hybridized carbons (Fsp3) is 0.238. The van der Waals surface area contributed by atoms with E-state index in [1.54, 1.807) is 12.1 Å². The van der Waals surface area contributed by atoms with Crippen molar-refractivity contribution in [3.05, 3.63) is 93.2 Å². The molecule has 0 fully saturated rings. The summed E-state index contributed by atoms with van der Waals surface area (Å²) in [4.78, 5) is 22.2. The molecule has 138 valence electrons. The van der Waals surface area contributed by atoms with Crippen LogP contribution in [0, 0.1) is 5.82 Å². The summed E-state index contributed by atoms with van der Waals surface area (Å²) >= 11 is 0. The lowest BCUT2D eigenvalue weighted by Gasteiger charge is -2.27. The van der Waals surface area contributed by atoms with Crippen LogP contribution in [0.1, 0.15) is 22.4 Å². The summed E-state index contributed by atoms with van der Waals surface area (Å²) in [6.07, 6.45) is 0.723. The van der Waals surface area contributed by atoms with E-state index in [2.05, 4.69) is 20.2 Å². The molecule has 2 aromatic carbocycles. The van der Waals surface area contributed by atoms with Crippen LogP contribution >= 0.6 is 0 Å². The van der Waals surface area contributed by atoms with Gasteiger partial charge in [0.25, 0.3) is 5.56 Å². The number of hydrogen-bond donors (Lipinski definition) is 2. The number of halogens is 1. The van der Waals surface area contributed by atoms with E-state index in [1.165, 1.54) is 12.1 Å². The van der Waals surface area contributed by atoms with Crippen LogP contribution in [0.25, 0.3) is 0 Å². The van der Waals surface area contributed by atoms with Crippen molar-refractivity contribution in [3.63, 3.8) is 0 Å². The minimum Gasteiger partial charge on any atom is -0.352 e. The molecule has 0 saturated heterocycles. The number of aromatic nitrogens is 2. The zero-order valence-electron chi connectivity index (χ0n) is 14.9. The molecular formula is C21H21FN4O. The number of aromatic amines is 1.